The summed E-state index contributed by atoms with van der Waals surface area (Å²) in [7, 11) is 3.15. The van der Waals surface area contributed by atoms with Gasteiger partial charge in [-0.25, -0.2) is 0 Å². The fraction of sp³-hybridized carbons (Fsp3) is 0.417. The van der Waals surface area contributed by atoms with Crippen molar-refractivity contribution in [1.29, 1.82) is 0 Å². The second-order valence-electron chi connectivity index (χ2n) is 3.61. The van der Waals surface area contributed by atoms with Crippen LogP contribution in [0, 0.1) is 0 Å². The molecule has 0 unspecified atom stereocenters. The number of carboxylic acids is 1. The van der Waals surface area contributed by atoms with Crippen LogP contribution in [0.25, 0.3) is 0 Å². The number of hydrogen-bond donors (Lipinski definition) is 1. The molecule has 1 atom stereocenters. The van der Waals surface area contributed by atoms with E-state index in [1.165, 1.54) is 0 Å². The highest BCUT2D eigenvalue weighted by Crippen LogP contribution is 2.31. The van der Waals surface area contributed by atoms with Gasteiger partial charge in [0.2, 0.25) is 0 Å². The van der Waals surface area contributed by atoms with E-state index in [0.717, 1.165) is 5.56 Å². The minimum Gasteiger partial charge on any atom is -0.497 e. The van der Waals surface area contributed by atoms with Crippen LogP contribution in [-0.4, -0.2) is 25.3 Å². The number of aliphatic carboxylic acids is 1. The number of carboxylic acid groups (broad SMARTS) is 1. The van der Waals surface area contributed by atoms with Gasteiger partial charge in [0.1, 0.15) is 11.5 Å². The molecule has 0 amide bonds. The van der Waals surface area contributed by atoms with Gasteiger partial charge in [-0.3, -0.25) is 4.79 Å². The molecule has 0 heterocycles. The lowest BCUT2D eigenvalue weighted by Crippen LogP contribution is -2.04. The van der Waals surface area contributed by atoms with E-state index in [9.17, 15) is 4.79 Å². The Labute approximate surface area is 94.8 Å². The molecule has 88 valence electrons. The Bertz CT molecular complexity index is 373. The molecule has 0 radical (unpaired) electrons. The SMILES string of the molecule is COc1ccc(OC)c([C@@H](C)CC(=O)O)c1. The summed E-state index contributed by atoms with van der Waals surface area (Å²) in [4.78, 5) is 10.7. The lowest BCUT2D eigenvalue weighted by Gasteiger charge is -2.15. The van der Waals surface area contributed by atoms with Crippen molar-refractivity contribution in [2.24, 2.45) is 0 Å². The zero-order chi connectivity index (χ0) is 12.1. The molecule has 4 heteroatoms. The lowest BCUT2D eigenvalue weighted by molar-refractivity contribution is -0.137. The van der Waals surface area contributed by atoms with E-state index < -0.39 is 5.97 Å². The van der Waals surface area contributed by atoms with Gasteiger partial charge in [-0.1, -0.05) is 6.92 Å². The minimum atomic E-state index is -0.822. The molecule has 1 aromatic carbocycles. The quantitative estimate of drug-likeness (QED) is 0.833. The zero-order valence-corrected chi connectivity index (χ0v) is 9.69. The summed E-state index contributed by atoms with van der Waals surface area (Å²) in [6, 6.07) is 5.38. The molecule has 0 spiro atoms. The van der Waals surface area contributed by atoms with Crippen molar-refractivity contribution >= 4 is 5.97 Å². The van der Waals surface area contributed by atoms with Gasteiger partial charge in [0.25, 0.3) is 0 Å². The van der Waals surface area contributed by atoms with Crippen LogP contribution in [0.15, 0.2) is 18.2 Å². The maximum absolute atomic E-state index is 10.7. The number of methoxy groups -OCH3 is 2. The van der Waals surface area contributed by atoms with Crippen LogP contribution in [0.1, 0.15) is 24.8 Å². The van der Waals surface area contributed by atoms with Crippen molar-refractivity contribution in [2.45, 2.75) is 19.3 Å². The Morgan fingerprint density at radius 1 is 1.38 bits per heavy atom. The molecule has 0 aliphatic rings. The van der Waals surface area contributed by atoms with E-state index >= 15 is 0 Å². The van der Waals surface area contributed by atoms with Crippen molar-refractivity contribution in [3.8, 4) is 11.5 Å². The molecule has 4 nitrogen and oxygen atoms in total. The van der Waals surface area contributed by atoms with Crippen LogP contribution in [0.5, 0.6) is 11.5 Å². The average Bonchev–Trinajstić information content (AvgIpc) is 2.27. The lowest BCUT2D eigenvalue weighted by atomic mass is 9.96. The van der Waals surface area contributed by atoms with Crippen molar-refractivity contribution in [3.05, 3.63) is 23.8 Å². The van der Waals surface area contributed by atoms with E-state index in [2.05, 4.69) is 0 Å². The molecule has 0 aromatic heterocycles. The summed E-state index contributed by atoms with van der Waals surface area (Å²) in [6.45, 7) is 1.85. The highest BCUT2D eigenvalue weighted by molar-refractivity contribution is 5.68. The minimum absolute atomic E-state index is 0.0729. The molecule has 0 saturated carbocycles. The summed E-state index contributed by atoms with van der Waals surface area (Å²) in [5.41, 5.74) is 0.851. The molecule has 0 fully saturated rings. The molecular formula is C12H16O4. The third kappa shape index (κ3) is 2.89. The summed E-state index contributed by atoms with van der Waals surface area (Å²) in [5.74, 6) is 0.461. The van der Waals surface area contributed by atoms with Crippen molar-refractivity contribution in [1.82, 2.24) is 0 Å². The van der Waals surface area contributed by atoms with E-state index in [1.807, 2.05) is 13.0 Å². The molecule has 0 aliphatic heterocycles. The Balaban J connectivity index is 3.02. The Hall–Kier alpha value is -1.71. The van der Waals surface area contributed by atoms with Gasteiger partial charge in [-0.05, 0) is 24.1 Å². The zero-order valence-electron chi connectivity index (χ0n) is 9.69. The maximum atomic E-state index is 10.7. The van der Waals surface area contributed by atoms with Gasteiger partial charge in [-0.15, -0.1) is 0 Å². The molecule has 1 rings (SSSR count). The van der Waals surface area contributed by atoms with Crippen LogP contribution < -0.4 is 9.47 Å². The van der Waals surface area contributed by atoms with Crippen molar-refractivity contribution < 1.29 is 19.4 Å². The maximum Gasteiger partial charge on any atom is 0.303 e. The molecule has 0 bridgehead atoms. The second kappa shape index (κ2) is 5.39. The topological polar surface area (TPSA) is 55.8 Å². The number of carbonyl (C=O) groups is 1. The first-order chi connectivity index (χ1) is 7.58. The summed E-state index contributed by atoms with van der Waals surface area (Å²) in [6.07, 6.45) is 0.0729. The molecule has 16 heavy (non-hydrogen) atoms. The van der Waals surface area contributed by atoms with Crippen molar-refractivity contribution in [3.63, 3.8) is 0 Å². The van der Waals surface area contributed by atoms with Gasteiger partial charge in [0.15, 0.2) is 0 Å². The monoisotopic (exact) mass is 224 g/mol. The number of rotatable bonds is 5. The van der Waals surface area contributed by atoms with Crippen LogP contribution in [0.4, 0.5) is 0 Å². The van der Waals surface area contributed by atoms with E-state index in [-0.39, 0.29) is 12.3 Å². The van der Waals surface area contributed by atoms with Crippen LogP contribution in [-0.2, 0) is 4.79 Å². The van der Waals surface area contributed by atoms with E-state index in [0.29, 0.717) is 11.5 Å². The third-order valence-corrected chi connectivity index (χ3v) is 2.45. The average molecular weight is 224 g/mol. The fourth-order valence-electron chi connectivity index (χ4n) is 1.60. The fourth-order valence-corrected chi connectivity index (χ4v) is 1.60. The van der Waals surface area contributed by atoms with Crippen LogP contribution in [0.3, 0.4) is 0 Å². The van der Waals surface area contributed by atoms with Gasteiger partial charge >= 0.3 is 5.97 Å². The van der Waals surface area contributed by atoms with Gasteiger partial charge in [0.05, 0.1) is 20.6 Å². The molecular weight excluding hydrogens is 208 g/mol. The first-order valence-electron chi connectivity index (χ1n) is 5.02. The smallest absolute Gasteiger partial charge is 0.303 e. The molecule has 0 saturated heterocycles. The predicted octanol–water partition coefficient (Wildman–Crippen LogP) is 2.28. The van der Waals surface area contributed by atoms with E-state index in [1.54, 1.807) is 26.4 Å². The third-order valence-electron chi connectivity index (χ3n) is 2.45. The van der Waals surface area contributed by atoms with Crippen molar-refractivity contribution in [2.75, 3.05) is 14.2 Å². The highest BCUT2D eigenvalue weighted by atomic mass is 16.5. The number of benzene rings is 1. The van der Waals surface area contributed by atoms with Gasteiger partial charge in [0, 0.05) is 5.56 Å². The summed E-state index contributed by atoms with van der Waals surface area (Å²) in [5, 5.41) is 8.76. The Morgan fingerprint density at radius 2 is 2.06 bits per heavy atom. The standard InChI is InChI=1S/C12H16O4/c1-8(6-12(13)14)10-7-9(15-2)4-5-11(10)16-3/h4-5,7-8H,6H2,1-3H3,(H,13,14)/t8-/m0/s1. The van der Waals surface area contributed by atoms with Gasteiger partial charge < -0.3 is 14.6 Å². The number of hydrogen-bond acceptors (Lipinski definition) is 3. The number of ether oxygens (including phenoxy) is 2. The van der Waals surface area contributed by atoms with Crippen LogP contribution in [0.2, 0.25) is 0 Å². The second-order valence-corrected chi connectivity index (χ2v) is 3.61. The largest absolute Gasteiger partial charge is 0.497 e. The highest BCUT2D eigenvalue weighted by Gasteiger charge is 2.15. The Kier molecular flexibility index (Phi) is 4.17. The Morgan fingerprint density at radius 3 is 2.56 bits per heavy atom. The summed E-state index contributed by atoms with van der Waals surface area (Å²) >= 11 is 0. The first-order valence-corrected chi connectivity index (χ1v) is 5.02. The van der Waals surface area contributed by atoms with E-state index in [4.69, 9.17) is 14.6 Å². The molecule has 1 N–H and O–H groups in total. The first kappa shape index (κ1) is 12.4. The van der Waals surface area contributed by atoms with Crippen LogP contribution >= 0.6 is 0 Å². The molecule has 0 aliphatic carbocycles. The summed E-state index contributed by atoms with van der Waals surface area (Å²) < 4.78 is 10.3. The van der Waals surface area contributed by atoms with Gasteiger partial charge in [-0.2, -0.15) is 0 Å². The molecule has 1 aromatic rings. The normalized spacial score (nSPS) is 11.9. The predicted molar refractivity (Wildman–Crippen MR) is 60.2 cm³/mol.